The van der Waals surface area contributed by atoms with E-state index in [9.17, 15) is 0 Å². The number of hydrogen-bond acceptors (Lipinski definition) is 3. The predicted octanol–water partition coefficient (Wildman–Crippen LogP) is 0.812. The summed E-state index contributed by atoms with van der Waals surface area (Å²) in [6.45, 7) is 8.13. The minimum Gasteiger partial charge on any atom is -0.314 e. The summed E-state index contributed by atoms with van der Waals surface area (Å²) < 4.78 is 0. The van der Waals surface area contributed by atoms with Gasteiger partial charge in [-0.2, -0.15) is 0 Å². The molecule has 0 spiro atoms. The number of hydrogen-bond donors (Lipinski definition) is 2. The minimum atomic E-state index is 0.749. The van der Waals surface area contributed by atoms with Gasteiger partial charge in [-0.3, -0.25) is 4.90 Å². The van der Waals surface area contributed by atoms with Gasteiger partial charge in [-0.1, -0.05) is 19.8 Å². The van der Waals surface area contributed by atoms with Crippen molar-refractivity contribution < 1.29 is 0 Å². The summed E-state index contributed by atoms with van der Waals surface area (Å²) in [5.41, 5.74) is 0. The van der Waals surface area contributed by atoms with Crippen LogP contribution < -0.4 is 10.6 Å². The van der Waals surface area contributed by atoms with Crippen molar-refractivity contribution in [2.24, 2.45) is 0 Å². The maximum absolute atomic E-state index is 3.72. The highest BCUT2D eigenvalue weighted by Gasteiger charge is 2.29. The average molecular weight is 211 g/mol. The molecular weight excluding hydrogens is 186 g/mol. The number of fused-ring (bicyclic) bond motifs is 1. The highest BCUT2D eigenvalue weighted by atomic mass is 15.2. The zero-order valence-electron chi connectivity index (χ0n) is 9.97. The van der Waals surface area contributed by atoms with Gasteiger partial charge in [-0.15, -0.1) is 0 Å². The van der Waals surface area contributed by atoms with Crippen LogP contribution in [0.5, 0.6) is 0 Å². The maximum Gasteiger partial charge on any atom is 0.0249 e. The Kier molecular flexibility index (Phi) is 4.42. The fraction of sp³-hybridized carbons (Fsp3) is 1.00. The molecule has 2 fully saturated rings. The Labute approximate surface area is 93.6 Å². The van der Waals surface area contributed by atoms with Crippen LogP contribution in [0.4, 0.5) is 0 Å². The van der Waals surface area contributed by atoms with Crippen LogP contribution in [0, 0.1) is 0 Å². The van der Waals surface area contributed by atoms with Crippen molar-refractivity contribution in [2.75, 3.05) is 32.7 Å². The predicted molar refractivity (Wildman–Crippen MR) is 64.2 cm³/mol. The standard InChI is InChI=1S/C12H25N3/c1-2-15-10-9-13-7-8-14-11-5-3-4-6-12(11)15/h11-14H,2-10H2,1H3. The Hall–Kier alpha value is -0.120. The molecule has 1 heterocycles. The summed E-state index contributed by atoms with van der Waals surface area (Å²) in [5.74, 6) is 0. The van der Waals surface area contributed by atoms with E-state index >= 15 is 0 Å². The molecule has 2 rings (SSSR count). The third-order valence-corrected chi connectivity index (χ3v) is 3.89. The molecule has 3 nitrogen and oxygen atoms in total. The van der Waals surface area contributed by atoms with E-state index in [1.165, 1.54) is 38.8 Å². The molecule has 1 saturated heterocycles. The summed E-state index contributed by atoms with van der Waals surface area (Å²) in [7, 11) is 0. The van der Waals surface area contributed by atoms with Gasteiger partial charge in [-0.05, 0) is 19.4 Å². The van der Waals surface area contributed by atoms with Gasteiger partial charge in [0.2, 0.25) is 0 Å². The maximum atomic E-state index is 3.72. The summed E-state index contributed by atoms with van der Waals surface area (Å²) in [6.07, 6.45) is 5.61. The third kappa shape index (κ3) is 2.92. The lowest BCUT2D eigenvalue weighted by Crippen LogP contribution is -2.52. The lowest BCUT2D eigenvalue weighted by atomic mass is 9.89. The Bertz CT molecular complexity index is 174. The van der Waals surface area contributed by atoms with Crippen molar-refractivity contribution in [3.05, 3.63) is 0 Å². The van der Waals surface area contributed by atoms with E-state index in [2.05, 4.69) is 22.5 Å². The van der Waals surface area contributed by atoms with Crippen molar-refractivity contribution in [3.63, 3.8) is 0 Å². The smallest absolute Gasteiger partial charge is 0.0249 e. The van der Waals surface area contributed by atoms with E-state index < -0.39 is 0 Å². The molecule has 2 aliphatic rings. The number of rotatable bonds is 1. The second-order valence-corrected chi connectivity index (χ2v) is 4.79. The van der Waals surface area contributed by atoms with Gasteiger partial charge < -0.3 is 10.6 Å². The van der Waals surface area contributed by atoms with Gasteiger partial charge in [0.1, 0.15) is 0 Å². The van der Waals surface area contributed by atoms with E-state index in [-0.39, 0.29) is 0 Å². The monoisotopic (exact) mass is 211 g/mol. The van der Waals surface area contributed by atoms with E-state index in [4.69, 9.17) is 0 Å². The second kappa shape index (κ2) is 5.83. The molecule has 2 N–H and O–H groups in total. The van der Waals surface area contributed by atoms with Crippen LogP contribution in [0.1, 0.15) is 32.6 Å². The normalized spacial score (nSPS) is 35.0. The van der Waals surface area contributed by atoms with E-state index in [0.29, 0.717) is 0 Å². The quantitative estimate of drug-likeness (QED) is 0.672. The van der Waals surface area contributed by atoms with Gasteiger partial charge in [0.25, 0.3) is 0 Å². The van der Waals surface area contributed by atoms with Crippen LogP contribution in [0.25, 0.3) is 0 Å². The van der Waals surface area contributed by atoms with Crippen molar-refractivity contribution in [2.45, 2.75) is 44.7 Å². The fourth-order valence-electron chi connectivity index (χ4n) is 3.04. The van der Waals surface area contributed by atoms with Crippen molar-refractivity contribution >= 4 is 0 Å². The molecule has 0 aromatic rings. The number of nitrogens with one attached hydrogen (secondary N) is 2. The molecule has 0 aromatic heterocycles. The Morgan fingerprint density at radius 3 is 2.87 bits per heavy atom. The van der Waals surface area contributed by atoms with Crippen molar-refractivity contribution in [1.82, 2.24) is 15.5 Å². The molecule has 2 atom stereocenters. The average Bonchev–Trinajstić information content (AvgIpc) is 2.38. The first-order chi connectivity index (χ1) is 7.42. The van der Waals surface area contributed by atoms with Crippen LogP contribution in [0.3, 0.4) is 0 Å². The summed E-state index contributed by atoms with van der Waals surface area (Å²) in [6, 6.07) is 1.54. The topological polar surface area (TPSA) is 27.3 Å². The largest absolute Gasteiger partial charge is 0.314 e. The zero-order valence-corrected chi connectivity index (χ0v) is 9.97. The molecule has 0 radical (unpaired) electrons. The van der Waals surface area contributed by atoms with Crippen molar-refractivity contribution in [3.8, 4) is 0 Å². The van der Waals surface area contributed by atoms with Gasteiger partial charge in [0.05, 0.1) is 0 Å². The van der Waals surface area contributed by atoms with Crippen molar-refractivity contribution in [1.29, 1.82) is 0 Å². The molecule has 0 amide bonds. The van der Waals surface area contributed by atoms with Gasteiger partial charge >= 0.3 is 0 Å². The third-order valence-electron chi connectivity index (χ3n) is 3.89. The van der Waals surface area contributed by atoms with Gasteiger partial charge in [0, 0.05) is 38.3 Å². The second-order valence-electron chi connectivity index (χ2n) is 4.79. The number of nitrogens with zero attached hydrogens (tertiary/aromatic N) is 1. The first-order valence-corrected chi connectivity index (χ1v) is 6.60. The molecular formula is C12H25N3. The van der Waals surface area contributed by atoms with E-state index in [0.717, 1.165) is 31.7 Å². The lowest BCUT2D eigenvalue weighted by Gasteiger charge is -2.39. The summed E-state index contributed by atoms with van der Waals surface area (Å²) >= 11 is 0. The Morgan fingerprint density at radius 1 is 1.13 bits per heavy atom. The fourth-order valence-corrected chi connectivity index (χ4v) is 3.04. The molecule has 0 bridgehead atoms. The Morgan fingerprint density at radius 2 is 2.00 bits per heavy atom. The first kappa shape index (κ1) is 11.4. The molecule has 2 unspecified atom stereocenters. The van der Waals surface area contributed by atoms with Crippen LogP contribution in [0.15, 0.2) is 0 Å². The summed E-state index contributed by atoms with van der Waals surface area (Å²) in [4.78, 5) is 2.66. The molecule has 88 valence electrons. The lowest BCUT2D eigenvalue weighted by molar-refractivity contribution is 0.134. The molecule has 1 aliphatic carbocycles. The van der Waals surface area contributed by atoms with Gasteiger partial charge in [0.15, 0.2) is 0 Å². The first-order valence-electron chi connectivity index (χ1n) is 6.60. The van der Waals surface area contributed by atoms with E-state index in [1.807, 2.05) is 0 Å². The van der Waals surface area contributed by atoms with E-state index in [1.54, 1.807) is 0 Å². The van der Waals surface area contributed by atoms with Gasteiger partial charge in [-0.25, -0.2) is 0 Å². The summed E-state index contributed by atoms with van der Waals surface area (Å²) in [5, 5.41) is 7.22. The highest BCUT2D eigenvalue weighted by Crippen LogP contribution is 2.23. The van der Waals surface area contributed by atoms with Crippen LogP contribution >= 0.6 is 0 Å². The van der Waals surface area contributed by atoms with Crippen LogP contribution in [0.2, 0.25) is 0 Å². The SMILES string of the molecule is CCN1CCNCCNC2CCCCC21. The molecule has 1 aliphatic heterocycles. The van der Waals surface area contributed by atoms with Crippen LogP contribution in [-0.4, -0.2) is 49.7 Å². The molecule has 1 saturated carbocycles. The minimum absolute atomic E-state index is 0.749. The zero-order chi connectivity index (χ0) is 10.5. The number of likely N-dealkylation sites (N-methyl/N-ethyl adjacent to an activating group) is 1. The van der Waals surface area contributed by atoms with Crippen LogP contribution in [-0.2, 0) is 0 Å². The molecule has 15 heavy (non-hydrogen) atoms. The highest BCUT2D eigenvalue weighted by molar-refractivity contribution is 4.89. The molecule has 3 heteroatoms. The molecule has 0 aromatic carbocycles. The Balaban J connectivity index is 2.00.